The van der Waals surface area contributed by atoms with Crippen LogP contribution in [-0.2, 0) is 11.2 Å². The standard InChI is InChI=1S/C24H20ClFN4O5/c25-20-12-17(30(34)35)9-10-18(20)24(33)29-21-4-2-1-3-19(21)23(32)28-13-15(22(27)31)11-14-5-7-16(26)8-6-14/h1-10,12,15H,11,13H2,(H2,27,31)(H,28,32)(H,29,33). The lowest BCUT2D eigenvalue weighted by molar-refractivity contribution is -0.384. The summed E-state index contributed by atoms with van der Waals surface area (Å²) in [4.78, 5) is 47.6. The number of nitro benzene ring substituents is 1. The van der Waals surface area contributed by atoms with Crippen molar-refractivity contribution in [2.75, 3.05) is 11.9 Å². The average Bonchev–Trinajstić information content (AvgIpc) is 2.82. The summed E-state index contributed by atoms with van der Waals surface area (Å²) in [7, 11) is 0. The Morgan fingerprint density at radius 1 is 1.00 bits per heavy atom. The molecule has 0 fully saturated rings. The van der Waals surface area contributed by atoms with Gasteiger partial charge in [0, 0.05) is 18.7 Å². The zero-order valence-corrected chi connectivity index (χ0v) is 18.9. The number of nitrogens with two attached hydrogens (primary N) is 1. The molecule has 9 nitrogen and oxygen atoms in total. The Morgan fingerprint density at radius 2 is 1.69 bits per heavy atom. The van der Waals surface area contributed by atoms with Crippen molar-refractivity contribution in [2.45, 2.75) is 6.42 Å². The molecule has 0 aromatic heterocycles. The van der Waals surface area contributed by atoms with Crippen molar-refractivity contribution < 1.29 is 23.7 Å². The van der Waals surface area contributed by atoms with Crippen molar-refractivity contribution in [3.63, 3.8) is 0 Å². The molecule has 0 aliphatic carbocycles. The first-order valence-electron chi connectivity index (χ1n) is 10.3. The molecule has 0 heterocycles. The number of hydrogen-bond acceptors (Lipinski definition) is 5. The normalized spacial score (nSPS) is 11.4. The highest BCUT2D eigenvalue weighted by Gasteiger charge is 2.21. The first kappa shape index (κ1) is 25.3. The van der Waals surface area contributed by atoms with Crippen molar-refractivity contribution >= 4 is 40.7 Å². The van der Waals surface area contributed by atoms with E-state index in [2.05, 4.69) is 10.6 Å². The van der Waals surface area contributed by atoms with Crippen LogP contribution in [0, 0.1) is 21.8 Å². The van der Waals surface area contributed by atoms with E-state index in [9.17, 15) is 28.9 Å². The Labute approximate surface area is 204 Å². The number of halogens is 2. The van der Waals surface area contributed by atoms with E-state index in [1.165, 1.54) is 42.5 Å². The molecule has 4 N–H and O–H groups in total. The SMILES string of the molecule is NC(=O)C(CNC(=O)c1ccccc1NC(=O)c1ccc([N+](=O)[O-])cc1Cl)Cc1ccc(F)cc1. The molecule has 0 radical (unpaired) electrons. The first-order valence-corrected chi connectivity index (χ1v) is 10.7. The highest BCUT2D eigenvalue weighted by molar-refractivity contribution is 6.34. The van der Waals surface area contributed by atoms with Crippen LogP contribution in [0.5, 0.6) is 0 Å². The lowest BCUT2D eigenvalue weighted by Crippen LogP contribution is -2.37. The van der Waals surface area contributed by atoms with Gasteiger partial charge in [0.1, 0.15) is 5.82 Å². The molecular weight excluding hydrogens is 479 g/mol. The van der Waals surface area contributed by atoms with E-state index in [1.807, 2.05) is 0 Å². The summed E-state index contributed by atoms with van der Waals surface area (Å²) in [6.07, 6.45) is 0.201. The summed E-state index contributed by atoms with van der Waals surface area (Å²) >= 11 is 6.02. The van der Waals surface area contributed by atoms with Crippen molar-refractivity contribution in [2.24, 2.45) is 11.7 Å². The number of nitrogens with one attached hydrogen (secondary N) is 2. The summed E-state index contributed by atoms with van der Waals surface area (Å²) in [5, 5.41) is 16.0. The average molecular weight is 499 g/mol. The highest BCUT2D eigenvalue weighted by atomic mass is 35.5. The summed E-state index contributed by atoms with van der Waals surface area (Å²) < 4.78 is 13.1. The van der Waals surface area contributed by atoms with Crippen LogP contribution in [0.4, 0.5) is 15.8 Å². The lowest BCUT2D eigenvalue weighted by atomic mass is 9.98. The van der Waals surface area contributed by atoms with Gasteiger partial charge >= 0.3 is 0 Å². The number of rotatable bonds is 9. The number of carbonyl (C=O) groups excluding carboxylic acids is 3. The largest absolute Gasteiger partial charge is 0.369 e. The van der Waals surface area contributed by atoms with Crippen LogP contribution >= 0.6 is 11.6 Å². The molecule has 0 bridgehead atoms. The third kappa shape index (κ3) is 6.61. The molecule has 0 spiro atoms. The lowest BCUT2D eigenvalue weighted by Gasteiger charge is -2.16. The van der Waals surface area contributed by atoms with Crippen LogP contribution in [0.1, 0.15) is 26.3 Å². The number of nitro groups is 1. The van der Waals surface area contributed by atoms with Gasteiger partial charge in [-0.05, 0) is 42.3 Å². The minimum atomic E-state index is -0.745. The Morgan fingerprint density at radius 3 is 2.31 bits per heavy atom. The predicted octanol–water partition coefficient (Wildman–Crippen LogP) is 3.71. The number of nitrogens with zero attached hydrogens (tertiary/aromatic N) is 1. The van der Waals surface area contributed by atoms with Gasteiger partial charge in [-0.25, -0.2) is 4.39 Å². The molecule has 3 aromatic carbocycles. The number of amides is 3. The van der Waals surface area contributed by atoms with Gasteiger partial charge in [0.05, 0.1) is 32.7 Å². The molecule has 3 aromatic rings. The van der Waals surface area contributed by atoms with E-state index in [-0.39, 0.29) is 40.5 Å². The fraction of sp³-hybridized carbons (Fsp3) is 0.125. The van der Waals surface area contributed by atoms with Gasteiger partial charge in [0.25, 0.3) is 17.5 Å². The van der Waals surface area contributed by atoms with Crippen LogP contribution in [0.25, 0.3) is 0 Å². The molecule has 35 heavy (non-hydrogen) atoms. The van der Waals surface area contributed by atoms with Gasteiger partial charge in [0.15, 0.2) is 0 Å². The van der Waals surface area contributed by atoms with Crippen LogP contribution in [0.15, 0.2) is 66.7 Å². The minimum absolute atomic E-state index is 0.0134. The second-order valence-corrected chi connectivity index (χ2v) is 7.97. The van der Waals surface area contributed by atoms with Gasteiger partial charge in [-0.1, -0.05) is 35.9 Å². The van der Waals surface area contributed by atoms with E-state index >= 15 is 0 Å². The minimum Gasteiger partial charge on any atom is -0.369 e. The van der Waals surface area contributed by atoms with Crippen molar-refractivity contribution in [1.82, 2.24) is 5.32 Å². The van der Waals surface area contributed by atoms with E-state index < -0.39 is 34.4 Å². The van der Waals surface area contributed by atoms with Gasteiger partial charge < -0.3 is 16.4 Å². The predicted molar refractivity (Wildman–Crippen MR) is 128 cm³/mol. The number of primary amides is 1. The molecule has 0 aliphatic rings. The van der Waals surface area contributed by atoms with Gasteiger partial charge in [-0.15, -0.1) is 0 Å². The fourth-order valence-corrected chi connectivity index (χ4v) is 3.53. The maximum Gasteiger partial charge on any atom is 0.270 e. The van der Waals surface area contributed by atoms with E-state index in [0.29, 0.717) is 5.56 Å². The molecule has 1 unspecified atom stereocenters. The smallest absolute Gasteiger partial charge is 0.270 e. The number of anilines is 1. The second-order valence-electron chi connectivity index (χ2n) is 7.56. The molecule has 3 rings (SSSR count). The summed E-state index contributed by atoms with van der Waals surface area (Å²) in [6.45, 7) is -0.0813. The third-order valence-corrected chi connectivity index (χ3v) is 5.45. The van der Waals surface area contributed by atoms with Crippen molar-refractivity contribution in [3.05, 3.63) is 104 Å². The number of benzene rings is 3. The monoisotopic (exact) mass is 498 g/mol. The molecule has 0 aliphatic heterocycles. The molecule has 0 saturated carbocycles. The topological polar surface area (TPSA) is 144 Å². The number of hydrogen-bond donors (Lipinski definition) is 3. The zero-order chi connectivity index (χ0) is 25.5. The molecule has 180 valence electrons. The first-order chi connectivity index (χ1) is 16.7. The zero-order valence-electron chi connectivity index (χ0n) is 18.2. The highest BCUT2D eigenvalue weighted by Crippen LogP contribution is 2.24. The van der Waals surface area contributed by atoms with Crippen LogP contribution in [-0.4, -0.2) is 29.2 Å². The van der Waals surface area contributed by atoms with E-state index in [4.69, 9.17) is 17.3 Å². The second kappa shape index (κ2) is 11.2. The van der Waals surface area contributed by atoms with Crippen LogP contribution in [0.2, 0.25) is 5.02 Å². The van der Waals surface area contributed by atoms with Gasteiger partial charge in [-0.2, -0.15) is 0 Å². The van der Waals surface area contributed by atoms with E-state index in [1.54, 1.807) is 12.1 Å². The molecule has 1 atom stereocenters. The number of carbonyl (C=O) groups is 3. The summed E-state index contributed by atoms with van der Waals surface area (Å²) in [5.41, 5.74) is 6.14. The maximum absolute atomic E-state index is 13.1. The number of para-hydroxylation sites is 1. The quantitative estimate of drug-likeness (QED) is 0.304. The Balaban J connectivity index is 1.71. The van der Waals surface area contributed by atoms with Crippen molar-refractivity contribution in [3.8, 4) is 0 Å². The molecule has 0 saturated heterocycles. The Kier molecular flexibility index (Phi) is 8.11. The maximum atomic E-state index is 13.1. The van der Waals surface area contributed by atoms with Crippen LogP contribution < -0.4 is 16.4 Å². The van der Waals surface area contributed by atoms with Gasteiger partial charge in [-0.3, -0.25) is 24.5 Å². The van der Waals surface area contributed by atoms with Crippen molar-refractivity contribution in [1.29, 1.82) is 0 Å². The Bertz CT molecular complexity index is 1280. The molecular formula is C24H20ClFN4O5. The third-order valence-electron chi connectivity index (χ3n) is 5.13. The summed E-state index contributed by atoms with van der Waals surface area (Å²) in [5.74, 6) is -3.03. The Hall–Kier alpha value is -4.31. The summed E-state index contributed by atoms with van der Waals surface area (Å²) in [6, 6.07) is 15.2. The van der Waals surface area contributed by atoms with E-state index in [0.717, 1.165) is 12.1 Å². The van der Waals surface area contributed by atoms with Gasteiger partial charge in [0.2, 0.25) is 5.91 Å². The van der Waals surface area contributed by atoms with Crippen LogP contribution in [0.3, 0.4) is 0 Å². The molecule has 11 heteroatoms. The molecule has 3 amide bonds. The fourth-order valence-electron chi connectivity index (χ4n) is 3.27. The number of non-ortho nitro benzene ring substituents is 1.